The number of nitrogens with one attached hydrogen (secondary N) is 2. The molecule has 4 aliphatic rings. The van der Waals surface area contributed by atoms with Crippen molar-refractivity contribution in [3.8, 4) is 0 Å². The van der Waals surface area contributed by atoms with E-state index in [9.17, 15) is 27.9 Å². The molecule has 3 N–H and O–H groups in total. The maximum Gasteiger partial charge on any atom is 0.434 e. The largest absolute Gasteiger partial charge is 0.434 e. The van der Waals surface area contributed by atoms with Crippen LogP contribution in [0.15, 0.2) is 12.3 Å². The maximum atomic E-state index is 14.0. The second-order valence-electron chi connectivity index (χ2n) is 10.9. The number of aliphatic hydroxyl groups is 1. The highest BCUT2D eigenvalue weighted by molar-refractivity contribution is 5.95. The first-order chi connectivity index (χ1) is 15.9. The summed E-state index contributed by atoms with van der Waals surface area (Å²) >= 11 is 0. The Balaban J connectivity index is 1.56. The molecule has 0 aromatic carbocycles. The zero-order valence-corrected chi connectivity index (χ0v) is 19.8. The molecule has 0 aliphatic heterocycles. The average molecular weight is 483 g/mol. The smallest absolute Gasteiger partial charge is 0.396 e. The summed E-state index contributed by atoms with van der Waals surface area (Å²) in [5.41, 5.74) is -2.85. The SMILES string of the molecule is CCNC(=O)C(C)(C)/C=C/n1ncc(C(=O)NC2C3CC4CC2CC(CO)(C4)C3)c1C(F)(F)F. The number of halogens is 3. The van der Waals surface area contributed by atoms with Crippen molar-refractivity contribution in [2.24, 2.45) is 28.6 Å². The van der Waals surface area contributed by atoms with E-state index in [1.54, 1.807) is 20.8 Å². The zero-order valence-electron chi connectivity index (χ0n) is 19.8. The van der Waals surface area contributed by atoms with Crippen LogP contribution in [-0.4, -0.2) is 45.9 Å². The van der Waals surface area contributed by atoms with Crippen LogP contribution in [0, 0.1) is 28.6 Å². The molecule has 4 saturated carbocycles. The van der Waals surface area contributed by atoms with Gasteiger partial charge in [0, 0.05) is 25.4 Å². The van der Waals surface area contributed by atoms with E-state index in [-0.39, 0.29) is 35.8 Å². The lowest BCUT2D eigenvalue weighted by Gasteiger charge is -2.59. The Labute approximate surface area is 197 Å². The van der Waals surface area contributed by atoms with Gasteiger partial charge in [-0.15, -0.1) is 0 Å². The summed E-state index contributed by atoms with van der Waals surface area (Å²) in [7, 11) is 0. The Hall–Kier alpha value is -2.36. The molecule has 0 radical (unpaired) electrons. The maximum absolute atomic E-state index is 14.0. The molecule has 34 heavy (non-hydrogen) atoms. The fourth-order valence-electron chi connectivity index (χ4n) is 6.50. The van der Waals surface area contributed by atoms with E-state index in [1.807, 2.05) is 0 Å². The normalized spacial score (nSPS) is 30.7. The van der Waals surface area contributed by atoms with Gasteiger partial charge in [-0.1, -0.05) is 6.08 Å². The van der Waals surface area contributed by atoms with Gasteiger partial charge in [-0.05, 0) is 76.0 Å². The van der Waals surface area contributed by atoms with E-state index in [4.69, 9.17) is 0 Å². The monoisotopic (exact) mass is 482 g/mol. The molecule has 0 spiro atoms. The van der Waals surface area contributed by atoms with E-state index in [0.717, 1.165) is 44.5 Å². The van der Waals surface area contributed by atoms with Crippen molar-refractivity contribution in [1.29, 1.82) is 0 Å². The van der Waals surface area contributed by atoms with Crippen molar-refractivity contribution in [2.75, 3.05) is 13.2 Å². The third-order valence-electron chi connectivity index (χ3n) is 7.90. The minimum atomic E-state index is -4.81. The van der Waals surface area contributed by atoms with Gasteiger partial charge in [0.05, 0.1) is 17.2 Å². The highest BCUT2D eigenvalue weighted by Gasteiger charge is 2.55. The lowest BCUT2D eigenvalue weighted by Crippen LogP contribution is -2.60. The van der Waals surface area contributed by atoms with Crippen LogP contribution in [0.1, 0.15) is 68.9 Å². The Morgan fingerprint density at radius 1 is 1.24 bits per heavy atom. The second-order valence-corrected chi connectivity index (χ2v) is 10.9. The fraction of sp³-hybridized carbons (Fsp3) is 0.708. The van der Waals surface area contributed by atoms with Crippen LogP contribution >= 0.6 is 0 Å². The molecule has 4 bridgehead atoms. The van der Waals surface area contributed by atoms with Crippen molar-refractivity contribution in [2.45, 2.75) is 65.1 Å². The first kappa shape index (κ1) is 24.8. The van der Waals surface area contributed by atoms with Gasteiger partial charge in [-0.25, -0.2) is 4.68 Å². The number of carbonyl (C=O) groups excluding carboxylic acids is 2. The number of carbonyl (C=O) groups is 2. The quantitative estimate of drug-likeness (QED) is 0.555. The van der Waals surface area contributed by atoms with Gasteiger partial charge in [0.2, 0.25) is 5.91 Å². The first-order valence-corrected chi connectivity index (χ1v) is 11.9. The molecule has 10 heteroatoms. The van der Waals surface area contributed by atoms with Gasteiger partial charge in [-0.2, -0.15) is 18.3 Å². The highest BCUT2D eigenvalue weighted by Crippen LogP contribution is 2.59. The lowest BCUT2D eigenvalue weighted by molar-refractivity contribution is -0.142. The topological polar surface area (TPSA) is 96.2 Å². The molecule has 2 unspecified atom stereocenters. The van der Waals surface area contributed by atoms with Crippen molar-refractivity contribution in [1.82, 2.24) is 20.4 Å². The van der Waals surface area contributed by atoms with Gasteiger partial charge in [0.1, 0.15) is 0 Å². The van der Waals surface area contributed by atoms with Crippen LogP contribution in [-0.2, 0) is 11.0 Å². The highest BCUT2D eigenvalue weighted by atomic mass is 19.4. The number of nitrogens with zero attached hydrogens (tertiary/aromatic N) is 2. The summed E-state index contributed by atoms with van der Waals surface area (Å²) in [5, 5.41) is 19.3. The number of aromatic nitrogens is 2. The van der Waals surface area contributed by atoms with E-state index in [0.29, 0.717) is 17.1 Å². The summed E-state index contributed by atoms with van der Waals surface area (Å²) in [6, 6.07) is -0.194. The van der Waals surface area contributed by atoms with Gasteiger partial charge in [0.15, 0.2) is 5.69 Å². The predicted octanol–water partition coefficient (Wildman–Crippen LogP) is 3.45. The second kappa shape index (κ2) is 8.70. The number of hydrogen-bond donors (Lipinski definition) is 3. The van der Waals surface area contributed by atoms with Crippen LogP contribution in [0.2, 0.25) is 0 Å². The minimum Gasteiger partial charge on any atom is -0.396 e. The summed E-state index contributed by atoms with van der Waals surface area (Å²) in [6.45, 7) is 5.46. The van der Waals surface area contributed by atoms with Crippen molar-refractivity contribution in [3.63, 3.8) is 0 Å². The van der Waals surface area contributed by atoms with Crippen LogP contribution in [0.5, 0.6) is 0 Å². The Morgan fingerprint density at radius 3 is 2.44 bits per heavy atom. The van der Waals surface area contributed by atoms with Crippen molar-refractivity contribution in [3.05, 3.63) is 23.5 Å². The molecule has 4 fully saturated rings. The molecule has 1 aromatic rings. The molecule has 0 saturated heterocycles. The molecule has 1 heterocycles. The molecule has 2 amide bonds. The Bertz CT molecular complexity index is 969. The van der Waals surface area contributed by atoms with Crippen LogP contribution in [0.4, 0.5) is 13.2 Å². The summed E-state index contributed by atoms with van der Waals surface area (Å²) in [5.74, 6) is -0.253. The van der Waals surface area contributed by atoms with E-state index in [2.05, 4.69) is 15.7 Å². The third-order valence-corrected chi connectivity index (χ3v) is 7.90. The Kier molecular flexibility index (Phi) is 6.33. The molecule has 7 nitrogen and oxygen atoms in total. The number of alkyl halides is 3. The molecule has 1 aromatic heterocycles. The Morgan fingerprint density at radius 2 is 1.88 bits per heavy atom. The number of hydrogen-bond acceptors (Lipinski definition) is 4. The number of rotatable bonds is 7. The summed E-state index contributed by atoms with van der Waals surface area (Å²) in [6.07, 6.45) is 3.02. The van der Waals surface area contributed by atoms with Crippen LogP contribution < -0.4 is 10.6 Å². The molecule has 2 atom stereocenters. The molecular formula is C24H33F3N4O3. The third kappa shape index (κ3) is 4.48. The minimum absolute atomic E-state index is 0.0958. The zero-order chi connectivity index (χ0) is 24.9. The summed E-state index contributed by atoms with van der Waals surface area (Å²) in [4.78, 5) is 25.2. The molecule has 5 rings (SSSR count). The number of amides is 2. The van der Waals surface area contributed by atoms with Crippen molar-refractivity contribution < 1.29 is 27.9 Å². The summed E-state index contributed by atoms with van der Waals surface area (Å²) < 4.78 is 42.6. The van der Waals surface area contributed by atoms with Crippen LogP contribution in [0.25, 0.3) is 6.20 Å². The standard InChI is InChI=1S/C24H33F3N4O3/c1-4-28-21(34)22(2,3)5-6-31-19(24(25,26)27)17(12-29-31)20(33)30-18-15-7-14-8-16(18)11-23(9-14,10-15)13-32/h5-6,12,14-16,18,32H,4,7-11,13H2,1-3H3,(H,28,34)(H,30,33)/b6-5+. The average Bonchev–Trinajstić information content (AvgIpc) is 3.19. The van der Waals surface area contributed by atoms with Crippen LogP contribution in [0.3, 0.4) is 0 Å². The molecule has 4 aliphatic carbocycles. The van der Waals surface area contributed by atoms with E-state index >= 15 is 0 Å². The molecule has 188 valence electrons. The fourth-order valence-corrected chi connectivity index (χ4v) is 6.50. The van der Waals surface area contributed by atoms with Crippen molar-refractivity contribution >= 4 is 18.0 Å². The number of aliphatic hydroxyl groups excluding tert-OH is 1. The first-order valence-electron chi connectivity index (χ1n) is 11.9. The van der Waals surface area contributed by atoms with Gasteiger partial charge in [-0.3, -0.25) is 9.59 Å². The lowest BCUT2D eigenvalue weighted by atomic mass is 9.48. The van der Waals surface area contributed by atoms with E-state index < -0.39 is 28.8 Å². The van der Waals surface area contributed by atoms with Gasteiger partial charge in [0.25, 0.3) is 5.91 Å². The van der Waals surface area contributed by atoms with Gasteiger partial charge >= 0.3 is 6.18 Å². The molecular weight excluding hydrogens is 449 g/mol. The predicted molar refractivity (Wildman–Crippen MR) is 119 cm³/mol. The van der Waals surface area contributed by atoms with Gasteiger partial charge < -0.3 is 15.7 Å². The van der Waals surface area contributed by atoms with E-state index in [1.165, 1.54) is 6.08 Å².